The number of aliphatic hydroxyl groups excluding tert-OH is 1. The number of β-lactam (4-membered cyclic amide) rings is 1. The fraction of sp³-hybridized carbons (Fsp3) is 0.600. The first-order chi connectivity index (χ1) is 18.5. The van der Waals surface area contributed by atoms with Crippen molar-refractivity contribution >= 4 is 49.6 Å². The van der Waals surface area contributed by atoms with E-state index in [2.05, 4.69) is 4.98 Å². The van der Waals surface area contributed by atoms with Gasteiger partial charge in [0.2, 0.25) is 12.7 Å². The lowest BCUT2D eigenvalue weighted by atomic mass is 9.77. The molecule has 2 aromatic heterocycles. The highest BCUT2D eigenvalue weighted by molar-refractivity contribution is 7.91. The molecule has 5 rings (SSSR count). The molecule has 1 saturated carbocycles. The van der Waals surface area contributed by atoms with E-state index in [1.807, 2.05) is 6.92 Å². The van der Waals surface area contributed by atoms with Gasteiger partial charge >= 0.3 is 12.1 Å². The summed E-state index contributed by atoms with van der Waals surface area (Å²) >= 11 is 1.12. The van der Waals surface area contributed by atoms with Gasteiger partial charge in [-0.15, -0.1) is 11.3 Å². The molecule has 1 amide bonds. The first-order valence-corrected chi connectivity index (χ1v) is 15.6. The maximum absolute atomic E-state index is 13.3. The van der Waals surface area contributed by atoms with E-state index in [-0.39, 0.29) is 23.2 Å². The Labute approximate surface area is 229 Å². The third kappa shape index (κ3) is 5.05. The summed E-state index contributed by atoms with van der Waals surface area (Å²) in [5.74, 6) is -2.07. The first-order valence-electron chi connectivity index (χ1n) is 12.9. The molecule has 14 heteroatoms. The Morgan fingerprint density at radius 1 is 1.21 bits per heavy atom. The first kappa shape index (κ1) is 27.6. The summed E-state index contributed by atoms with van der Waals surface area (Å²) in [6, 6.07) is -0.481. The van der Waals surface area contributed by atoms with Crippen LogP contribution in [0.3, 0.4) is 0 Å². The lowest BCUT2D eigenvalue weighted by molar-refractivity contribution is -0.166. The van der Waals surface area contributed by atoms with Crippen molar-refractivity contribution < 1.29 is 42.1 Å². The number of esters is 1. The number of hydrogen-bond donors (Lipinski definition) is 1. The highest BCUT2D eigenvalue weighted by Crippen LogP contribution is 2.51. The molecule has 0 aromatic carbocycles. The number of hydrogen-bond acceptors (Lipinski definition) is 11. The van der Waals surface area contributed by atoms with Crippen LogP contribution in [0.1, 0.15) is 50.8 Å². The summed E-state index contributed by atoms with van der Waals surface area (Å²) in [5, 5.41) is 10.1. The molecule has 1 aliphatic carbocycles. The number of sulfone groups is 1. The summed E-state index contributed by atoms with van der Waals surface area (Å²) in [5.41, 5.74) is 0.460. The average molecular weight is 582 g/mol. The minimum atomic E-state index is -3.60. The predicted molar refractivity (Wildman–Crippen MR) is 138 cm³/mol. The molecular weight excluding hydrogens is 550 g/mol. The summed E-state index contributed by atoms with van der Waals surface area (Å²) in [6.45, 7) is 2.91. The zero-order valence-electron chi connectivity index (χ0n) is 21.9. The van der Waals surface area contributed by atoms with Gasteiger partial charge < -0.3 is 24.2 Å². The summed E-state index contributed by atoms with van der Waals surface area (Å²) in [4.78, 5) is 44.5. The van der Waals surface area contributed by atoms with E-state index >= 15 is 0 Å². The Kier molecular flexibility index (Phi) is 7.46. The molecule has 2 fully saturated rings. The number of aromatic nitrogens is 2. The van der Waals surface area contributed by atoms with Gasteiger partial charge in [-0.2, -0.15) is 0 Å². The van der Waals surface area contributed by atoms with Gasteiger partial charge in [0.05, 0.1) is 29.5 Å². The van der Waals surface area contributed by atoms with Crippen LogP contribution in [0.15, 0.2) is 23.2 Å². The minimum Gasteiger partial charge on any atom is -0.434 e. The number of aliphatic hydroxyl groups is 1. The van der Waals surface area contributed by atoms with E-state index in [0.717, 1.165) is 43.3 Å². The van der Waals surface area contributed by atoms with Gasteiger partial charge in [0, 0.05) is 23.9 Å². The van der Waals surface area contributed by atoms with Gasteiger partial charge in [0.1, 0.15) is 16.9 Å². The Morgan fingerprint density at radius 3 is 2.59 bits per heavy atom. The number of nitrogens with zero attached hydrogens (tertiary/aromatic N) is 3. The van der Waals surface area contributed by atoms with Crippen LogP contribution in [-0.4, -0.2) is 77.6 Å². The molecule has 2 aromatic rings. The van der Waals surface area contributed by atoms with Gasteiger partial charge in [0.15, 0.2) is 14.9 Å². The van der Waals surface area contributed by atoms with Crippen molar-refractivity contribution in [1.29, 1.82) is 0 Å². The van der Waals surface area contributed by atoms with E-state index in [0.29, 0.717) is 21.2 Å². The Morgan fingerprint density at radius 2 is 1.92 bits per heavy atom. The summed E-state index contributed by atoms with van der Waals surface area (Å²) in [6.07, 6.45) is 7.59. The number of amides is 1. The maximum atomic E-state index is 13.3. The number of rotatable bonds is 8. The normalized spacial score (nSPS) is 24.5. The second-order valence-corrected chi connectivity index (χ2v) is 13.4. The molecule has 39 heavy (non-hydrogen) atoms. The van der Waals surface area contributed by atoms with Gasteiger partial charge in [-0.1, -0.05) is 26.2 Å². The van der Waals surface area contributed by atoms with Crippen LogP contribution in [0.4, 0.5) is 4.79 Å². The number of fused-ring (bicyclic) bond motifs is 2. The maximum Gasteiger partial charge on any atom is 0.511 e. The number of carbonyl (C=O) groups is 3. The fourth-order valence-corrected chi connectivity index (χ4v) is 8.17. The number of thiazole rings is 1. The molecule has 0 bridgehead atoms. The van der Waals surface area contributed by atoms with Gasteiger partial charge in [0.25, 0.3) is 0 Å². The molecule has 4 heterocycles. The van der Waals surface area contributed by atoms with Gasteiger partial charge in [-0.25, -0.2) is 23.0 Å². The predicted octanol–water partition coefficient (Wildman–Crippen LogP) is 2.60. The monoisotopic (exact) mass is 581 g/mol. The second-order valence-electron chi connectivity index (χ2n) is 10.4. The lowest BCUT2D eigenvalue weighted by Crippen LogP contribution is -2.63. The Balaban J connectivity index is 1.36. The van der Waals surface area contributed by atoms with Gasteiger partial charge in [-0.3, -0.25) is 9.20 Å². The molecule has 1 N–H and O–H groups in total. The number of carbonyl (C=O) groups excluding carboxylic acids is 3. The van der Waals surface area contributed by atoms with E-state index in [4.69, 9.17) is 14.2 Å². The van der Waals surface area contributed by atoms with Crippen LogP contribution < -0.4 is 0 Å². The SMILES string of the molecule is C[C@@H](O)[C@H]1C(=O)N2C(C(=O)OCOC(=O)OCC3CCCCC3)=C(c3cn4cnc(S(C)(=O)=O)c4s3)[C@H](C)[C@H]12. The molecule has 0 spiro atoms. The molecule has 3 aliphatic rings. The third-order valence-electron chi connectivity index (χ3n) is 7.69. The van der Waals surface area contributed by atoms with Gasteiger partial charge in [-0.05, 0) is 25.7 Å². The van der Waals surface area contributed by atoms with Crippen molar-refractivity contribution in [2.45, 2.75) is 63.1 Å². The van der Waals surface area contributed by atoms with Crippen molar-refractivity contribution in [3.05, 3.63) is 23.1 Å². The largest absolute Gasteiger partial charge is 0.511 e. The quantitative estimate of drug-likeness (QED) is 0.279. The molecule has 0 radical (unpaired) electrons. The van der Waals surface area contributed by atoms with Crippen LogP contribution in [-0.2, 0) is 33.6 Å². The third-order valence-corrected chi connectivity index (χ3v) is 9.96. The van der Waals surface area contributed by atoms with Crippen molar-refractivity contribution in [3.63, 3.8) is 0 Å². The van der Waals surface area contributed by atoms with E-state index in [1.165, 1.54) is 24.6 Å². The molecule has 1 saturated heterocycles. The molecular formula is C25H31N3O9S2. The van der Waals surface area contributed by atoms with E-state index < -0.39 is 52.7 Å². The Bertz CT molecular complexity index is 1440. The highest BCUT2D eigenvalue weighted by atomic mass is 32.2. The van der Waals surface area contributed by atoms with E-state index in [9.17, 15) is 27.9 Å². The summed E-state index contributed by atoms with van der Waals surface area (Å²) < 4.78 is 41.2. The summed E-state index contributed by atoms with van der Waals surface area (Å²) in [7, 11) is -3.60. The molecule has 12 nitrogen and oxygen atoms in total. The second kappa shape index (κ2) is 10.5. The standard InChI is InChI=1S/C25H31N3O9S2/c1-13-17(16-9-27-11-26-21(23(27)38-16)39(3,33)34)20(28-19(13)18(14(2)29)22(28)30)24(31)36-12-37-25(32)35-10-15-7-5-4-6-8-15/h9,11,13-15,18-19,29H,4-8,10,12H2,1-3H3/t13-,14+,18+,19+/m0/s1. The number of ether oxygens (including phenoxy) is 3. The smallest absolute Gasteiger partial charge is 0.434 e. The number of imidazole rings is 1. The van der Waals surface area contributed by atoms with Crippen molar-refractivity contribution in [2.75, 3.05) is 19.7 Å². The fourth-order valence-electron chi connectivity index (χ4n) is 5.82. The van der Waals surface area contributed by atoms with E-state index in [1.54, 1.807) is 10.6 Å². The molecule has 212 valence electrons. The van der Waals surface area contributed by atoms with Crippen molar-refractivity contribution in [3.8, 4) is 0 Å². The van der Waals surface area contributed by atoms with Crippen molar-refractivity contribution in [1.82, 2.24) is 14.3 Å². The molecule has 2 aliphatic heterocycles. The lowest BCUT2D eigenvalue weighted by Gasteiger charge is -2.46. The molecule has 0 unspecified atom stereocenters. The van der Waals surface area contributed by atoms with Crippen LogP contribution in [0.5, 0.6) is 0 Å². The zero-order chi connectivity index (χ0) is 28.1. The zero-order valence-corrected chi connectivity index (χ0v) is 23.5. The molecule has 4 atom stereocenters. The Hall–Kier alpha value is -2.97. The van der Waals surface area contributed by atoms with Crippen molar-refractivity contribution in [2.24, 2.45) is 17.8 Å². The van der Waals surface area contributed by atoms with Crippen LogP contribution >= 0.6 is 11.3 Å². The minimum absolute atomic E-state index is 0.0214. The average Bonchev–Trinajstić information content (AvgIpc) is 3.52. The highest BCUT2D eigenvalue weighted by Gasteiger charge is 2.60. The topological polar surface area (TPSA) is 154 Å². The van der Waals surface area contributed by atoms with Crippen LogP contribution in [0.25, 0.3) is 10.4 Å². The van der Waals surface area contributed by atoms with Crippen LogP contribution in [0, 0.1) is 17.8 Å². The van der Waals surface area contributed by atoms with Crippen LogP contribution in [0.2, 0.25) is 0 Å².